The van der Waals surface area contributed by atoms with E-state index in [1.807, 2.05) is 0 Å². The Balaban J connectivity index is 2.04. The van der Waals surface area contributed by atoms with Crippen molar-refractivity contribution < 1.29 is 20.3 Å². The molecule has 1 heterocycles. The van der Waals surface area contributed by atoms with Gasteiger partial charge in [0.2, 0.25) is 5.72 Å². The zero-order valence-electron chi connectivity index (χ0n) is 8.54. The third kappa shape index (κ3) is 1.67. The molecule has 0 bridgehead atoms. The number of rotatable bonds is 2. The van der Waals surface area contributed by atoms with E-state index in [-0.39, 0.29) is 18.9 Å². The third-order valence-electron chi connectivity index (χ3n) is 3.55. The Labute approximate surface area is 84.3 Å². The predicted molar refractivity (Wildman–Crippen MR) is 50.6 cm³/mol. The van der Waals surface area contributed by atoms with Crippen molar-refractivity contribution in [2.75, 3.05) is 19.8 Å². The van der Waals surface area contributed by atoms with Gasteiger partial charge in [0.15, 0.2) is 5.54 Å². The molecule has 0 radical (unpaired) electrons. The molecule has 0 unspecified atom stereocenters. The number of quaternary nitrogens is 1. The number of ether oxygens (including phenoxy) is 1. The first-order valence-corrected chi connectivity index (χ1v) is 5.47. The summed E-state index contributed by atoms with van der Waals surface area (Å²) in [7, 11) is 0. The Kier molecular flexibility index (Phi) is 2.79. The van der Waals surface area contributed by atoms with Crippen LogP contribution in [-0.4, -0.2) is 41.3 Å². The van der Waals surface area contributed by atoms with Crippen molar-refractivity contribution in [1.82, 2.24) is 0 Å². The van der Waals surface area contributed by atoms with Crippen LogP contribution in [0.4, 0.5) is 0 Å². The van der Waals surface area contributed by atoms with Crippen LogP contribution in [0.15, 0.2) is 0 Å². The molecule has 2 rings (SSSR count). The molecule has 0 aromatic heterocycles. The van der Waals surface area contributed by atoms with Crippen LogP contribution in [-0.2, 0) is 4.74 Å². The third-order valence-corrected chi connectivity index (χ3v) is 3.55. The average molecular weight is 202 g/mol. The molecule has 82 valence electrons. The van der Waals surface area contributed by atoms with Gasteiger partial charge in [0, 0.05) is 12.8 Å². The van der Waals surface area contributed by atoms with Gasteiger partial charge in [-0.3, -0.25) is 0 Å². The van der Waals surface area contributed by atoms with Crippen molar-refractivity contribution in [3.8, 4) is 0 Å². The highest BCUT2D eigenvalue weighted by Crippen LogP contribution is 2.30. The van der Waals surface area contributed by atoms with E-state index in [1.54, 1.807) is 0 Å². The van der Waals surface area contributed by atoms with Crippen LogP contribution in [0.2, 0.25) is 0 Å². The van der Waals surface area contributed by atoms with Gasteiger partial charge in [-0.1, -0.05) is 6.42 Å². The first-order chi connectivity index (χ1) is 6.74. The lowest BCUT2D eigenvalue weighted by atomic mass is 9.90. The smallest absolute Gasteiger partial charge is 0.201 e. The molecule has 0 amide bonds. The van der Waals surface area contributed by atoms with Crippen LogP contribution < -0.4 is 5.32 Å². The molecule has 1 aliphatic heterocycles. The van der Waals surface area contributed by atoms with Crippen LogP contribution in [0.1, 0.15) is 32.1 Å². The molecule has 1 saturated carbocycles. The average Bonchev–Trinajstić information content (AvgIpc) is 2.60. The topological polar surface area (TPSA) is 66.3 Å². The molecular formula is C10H20NO3+. The minimum atomic E-state index is -0.489. The zero-order chi connectivity index (χ0) is 10.1. The monoisotopic (exact) mass is 202 g/mol. The molecule has 0 atom stereocenters. The lowest BCUT2D eigenvalue weighted by Gasteiger charge is -2.31. The molecular weight excluding hydrogens is 182 g/mol. The van der Waals surface area contributed by atoms with E-state index in [1.165, 1.54) is 19.3 Å². The summed E-state index contributed by atoms with van der Waals surface area (Å²) in [6, 6.07) is 0. The summed E-state index contributed by atoms with van der Waals surface area (Å²) >= 11 is 0. The molecule has 4 nitrogen and oxygen atoms in total. The van der Waals surface area contributed by atoms with Crippen LogP contribution in [0, 0.1) is 0 Å². The number of nitrogens with two attached hydrogens (primary N) is 1. The van der Waals surface area contributed by atoms with E-state index >= 15 is 0 Å². The first-order valence-electron chi connectivity index (χ1n) is 5.47. The van der Waals surface area contributed by atoms with Crippen LogP contribution in [0.25, 0.3) is 0 Å². The van der Waals surface area contributed by atoms with E-state index < -0.39 is 5.54 Å². The van der Waals surface area contributed by atoms with Gasteiger partial charge in [0.05, 0.1) is 0 Å². The Morgan fingerprint density at radius 3 is 2.21 bits per heavy atom. The number of aliphatic hydroxyl groups is 2. The number of aliphatic hydroxyl groups excluding tert-OH is 2. The highest BCUT2D eigenvalue weighted by Gasteiger charge is 2.52. The SMILES string of the molecule is OCC1(CO)COC2(CCCCC2)[NH2+]1. The number of hydrogen-bond acceptors (Lipinski definition) is 3. The van der Waals surface area contributed by atoms with Crippen molar-refractivity contribution in [2.24, 2.45) is 0 Å². The van der Waals surface area contributed by atoms with Crippen molar-refractivity contribution in [2.45, 2.75) is 43.4 Å². The first kappa shape index (κ1) is 10.4. The summed E-state index contributed by atoms with van der Waals surface area (Å²) in [6.07, 6.45) is 5.78. The molecule has 0 aromatic carbocycles. The Morgan fingerprint density at radius 2 is 1.71 bits per heavy atom. The summed E-state index contributed by atoms with van der Waals surface area (Å²) in [5, 5.41) is 20.6. The van der Waals surface area contributed by atoms with Crippen LogP contribution in [0.3, 0.4) is 0 Å². The van der Waals surface area contributed by atoms with E-state index in [0.717, 1.165) is 12.8 Å². The van der Waals surface area contributed by atoms with Gasteiger partial charge in [0.25, 0.3) is 0 Å². The molecule has 4 heteroatoms. The fraction of sp³-hybridized carbons (Fsp3) is 1.00. The predicted octanol–water partition coefficient (Wildman–Crippen LogP) is -1.04. The second-order valence-electron chi connectivity index (χ2n) is 4.74. The van der Waals surface area contributed by atoms with Gasteiger partial charge in [0.1, 0.15) is 19.8 Å². The maximum atomic E-state index is 9.26. The molecule has 14 heavy (non-hydrogen) atoms. The fourth-order valence-electron chi connectivity index (χ4n) is 2.60. The Bertz CT molecular complexity index is 198. The lowest BCUT2D eigenvalue weighted by molar-refractivity contribution is -0.791. The summed E-state index contributed by atoms with van der Waals surface area (Å²) in [4.78, 5) is 0. The fourth-order valence-corrected chi connectivity index (χ4v) is 2.60. The molecule has 1 spiro atoms. The van der Waals surface area contributed by atoms with Crippen molar-refractivity contribution >= 4 is 0 Å². The molecule has 2 fully saturated rings. The number of hydrogen-bond donors (Lipinski definition) is 3. The van der Waals surface area contributed by atoms with Gasteiger partial charge in [-0.2, -0.15) is 0 Å². The van der Waals surface area contributed by atoms with Gasteiger partial charge in [-0.25, -0.2) is 0 Å². The Morgan fingerprint density at radius 1 is 1.07 bits per heavy atom. The second-order valence-corrected chi connectivity index (χ2v) is 4.74. The highest BCUT2D eigenvalue weighted by atomic mass is 16.5. The lowest BCUT2D eigenvalue weighted by Crippen LogP contribution is -3.05. The van der Waals surface area contributed by atoms with Crippen LogP contribution in [0.5, 0.6) is 0 Å². The summed E-state index contributed by atoms with van der Waals surface area (Å²) in [5.41, 5.74) is -0.624. The largest absolute Gasteiger partial charge is 0.390 e. The quantitative estimate of drug-likeness (QED) is 0.536. The molecule has 1 aliphatic carbocycles. The molecule has 1 saturated heterocycles. The van der Waals surface area contributed by atoms with E-state index in [2.05, 4.69) is 5.32 Å². The minimum absolute atomic E-state index is 0.00868. The zero-order valence-corrected chi connectivity index (χ0v) is 8.54. The maximum absolute atomic E-state index is 9.26. The summed E-state index contributed by atoms with van der Waals surface area (Å²) in [5.74, 6) is 0. The van der Waals surface area contributed by atoms with Crippen molar-refractivity contribution in [3.05, 3.63) is 0 Å². The minimum Gasteiger partial charge on any atom is -0.390 e. The van der Waals surface area contributed by atoms with E-state index in [4.69, 9.17) is 4.74 Å². The Hall–Kier alpha value is -0.160. The maximum Gasteiger partial charge on any atom is 0.201 e. The molecule has 0 aromatic rings. The highest BCUT2D eigenvalue weighted by molar-refractivity contribution is 4.86. The molecule has 2 aliphatic rings. The van der Waals surface area contributed by atoms with Gasteiger partial charge >= 0.3 is 0 Å². The standard InChI is InChI=1S/C10H19NO3/c12-6-9(7-13)8-14-10(11-9)4-2-1-3-5-10/h11-13H,1-8H2/p+1. The van der Waals surface area contributed by atoms with Crippen molar-refractivity contribution in [1.29, 1.82) is 0 Å². The molecule has 4 N–H and O–H groups in total. The van der Waals surface area contributed by atoms with Gasteiger partial charge < -0.3 is 20.3 Å². The van der Waals surface area contributed by atoms with Crippen LogP contribution >= 0.6 is 0 Å². The van der Waals surface area contributed by atoms with Gasteiger partial charge in [-0.05, 0) is 12.8 Å². The van der Waals surface area contributed by atoms with Gasteiger partial charge in [-0.15, -0.1) is 0 Å². The summed E-state index contributed by atoms with van der Waals surface area (Å²) < 4.78 is 5.80. The second kappa shape index (κ2) is 3.77. The van der Waals surface area contributed by atoms with E-state index in [0.29, 0.717) is 6.61 Å². The van der Waals surface area contributed by atoms with E-state index in [9.17, 15) is 10.2 Å². The summed E-state index contributed by atoms with van der Waals surface area (Å²) in [6.45, 7) is 0.455. The normalized spacial score (nSPS) is 29.6. The van der Waals surface area contributed by atoms with Crippen molar-refractivity contribution in [3.63, 3.8) is 0 Å².